The number of esters is 2. The Balaban J connectivity index is 2.48. The highest BCUT2D eigenvalue weighted by Gasteiger charge is 2.68. The number of aliphatic hydroxyl groups excluding tert-OH is 2. The molecule has 0 saturated carbocycles. The predicted octanol–water partition coefficient (Wildman–Crippen LogP) is 4.74. The summed E-state index contributed by atoms with van der Waals surface area (Å²) in [6.07, 6.45) is 12.9. The zero-order chi connectivity index (χ0) is 34.1. The van der Waals surface area contributed by atoms with E-state index in [1.54, 1.807) is 0 Å². The molecule has 0 aromatic rings. The van der Waals surface area contributed by atoms with Gasteiger partial charge in [-0.05, 0) is 45.3 Å². The summed E-state index contributed by atoms with van der Waals surface area (Å²) in [7, 11) is 0. The molecule has 45 heavy (non-hydrogen) atoms. The van der Waals surface area contributed by atoms with E-state index in [0.29, 0.717) is 13.2 Å². The fourth-order valence-electron chi connectivity index (χ4n) is 5.70. The highest BCUT2D eigenvalue weighted by molar-refractivity contribution is 5.87. The highest BCUT2D eigenvalue weighted by atomic mass is 16.7. The molecule has 2 N–H and O–H groups in total. The Bertz CT molecular complexity index is 1110. The lowest BCUT2D eigenvalue weighted by atomic mass is 9.47. The maximum absolute atomic E-state index is 11.9. The monoisotopic (exact) mass is 632 g/mol. The van der Waals surface area contributed by atoms with Crippen LogP contribution in [0.5, 0.6) is 0 Å². The first-order valence-corrected chi connectivity index (χ1v) is 15.3. The number of ether oxygens (including phenoxy) is 6. The first-order valence-electron chi connectivity index (χ1n) is 15.3. The quantitative estimate of drug-likeness (QED) is 0.124. The molecule has 0 aliphatic heterocycles. The van der Waals surface area contributed by atoms with E-state index in [0.717, 1.165) is 0 Å². The van der Waals surface area contributed by atoms with Crippen molar-refractivity contribution < 1.29 is 48.2 Å². The van der Waals surface area contributed by atoms with Gasteiger partial charge < -0.3 is 38.6 Å². The van der Waals surface area contributed by atoms with E-state index < -0.39 is 52.0 Å². The van der Waals surface area contributed by atoms with E-state index >= 15 is 0 Å². The normalized spacial score (nSPS) is 28.8. The number of carbonyl (C=O) groups is 2. The summed E-state index contributed by atoms with van der Waals surface area (Å²) in [4.78, 5) is 23.7. The molecule has 0 aromatic heterocycles. The van der Waals surface area contributed by atoms with Crippen LogP contribution in [-0.4, -0.2) is 85.6 Å². The van der Waals surface area contributed by atoms with Crippen LogP contribution < -0.4 is 0 Å². The minimum absolute atomic E-state index is 0.192. The van der Waals surface area contributed by atoms with Crippen LogP contribution in [0.2, 0.25) is 0 Å². The number of rotatable bonds is 18. The van der Waals surface area contributed by atoms with Crippen molar-refractivity contribution >= 4 is 11.9 Å². The van der Waals surface area contributed by atoms with E-state index in [2.05, 4.69) is 27.0 Å². The smallest absolute Gasteiger partial charge is 0.333 e. The van der Waals surface area contributed by atoms with Crippen molar-refractivity contribution in [1.29, 1.82) is 0 Å². The van der Waals surface area contributed by atoms with E-state index in [4.69, 9.17) is 28.4 Å². The van der Waals surface area contributed by atoms with Crippen LogP contribution in [-0.2, 0) is 38.0 Å². The first-order chi connectivity index (χ1) is 21.0. The van der Waals surface area contributed by atoms with Crippen LogP contribution in [0.4, 0.5) is 0 Å². The van der Waals surface area contributed by atoms with Crippen molar-refractivity contribution in [2.75, 3.05) is 39.6 Å². The molecule has 2 aliphatic carbocycles. The minimum atomic E-state index is -1.37. The van der Waals surface area contributed by atoms with Crippen LogP contribution in [0, 0.1) is 16.2 Å². The molecule has 0 radical (unpaired) electrons. The van der Waals surface area contributed by atoms with E-state index in [1.807, 2.05) is 76.3 Å². The standard InChI is InChI=1S/C35H52O10/c1-11-42-34(44-23-27(36)21-40-29(38)25(3)4)19-15-13-17-32(34,9)31(7,8)33(10)18-14-16-20-35(33,43-12-2)45-24-28(37)22-41-30(39)26(5)6/h13-20,27-28,36-37H,3,5,11-12,21-24H2,1-2,4,6-10H3. The SMILES string of the molecule is C=C(C)C(=O)OCC(O)COC1(OCC)C=CC=CC1(C)C(C)(C)C1(C)C=CC=CC1(OCC)OCC(O)COC(=O)C(=C)C. The molecule has 10 heteroatoms. The Morgan fingerprint density at radius 1 is 0.667 bits per heavy atom. The fourth-order valence-corrected chi connectivity index (χ4v) is 5.70. The van der Waals surface area contributed by atoms with Crippen LogP contribution in [0.1, 0.15) is 55.4 Å². The van der Waals surface area contributed by atoms with Gasteiger partial charge in [-0.1, -0.05) is 77.3 Å². The maximum atomic E-state index is 11.9. The molecule has 2 aliphatic rings. The molecular weight excluding hydrogens is 580 g/mol. The van der Waals surface area contributed by atoms with Crippen molar-refractivity contribution in [3.05, 3.63) is 72.9 Å². The Kier molecular flexibility index (Phi) is 13.3. The van der Waals surface area contributed by atoms with Crippen LogP contribution in [0.25, 0.3) is 0 Å². The van der Waals surface area contributed by atoms with Crippen LogP contribution >= 0.6 is 0 Å². The summed E-state index contributed by atoms with van der Waals surface area (Å²) in [5.74, 6) is -3.94. The number of aliphatic hydroxyl groups is 2. The fraction of sp³-hybridized carbons (Fsp3) is 0.600. The van der Waals surface area contributed by atoms with E-state index in [9.17, 15) is 19.8 Å². The average Bonchev–Trinajstić information content (AvgIpc) is 2.99. The zero-order valence-electron chi connectivity index (χ0n) is 28.1. The van der Waals surface area contributed by atoms with Crippen molar-refractivity contribution in [1.82, 2.24) is 0 Å². The van der Waals surface area contributed by atoms with Crippen molar-refractivity contribution in [2.24, 2.45) is 16.2 Å². The van der Waals surface area contributed by atoms with Gasteiger partial charge in [0.25, 0.3) is 0 Å². The number of allylic oxidation sites excluding steroid dienone is 4. The molecule has 0 heterocycles. The maximum Gasteiger partial charge on any atom is 0.333 e. The van der Waals surface area contributed by atoms with Crippen molar-refractivity contribution in [3.63, 3.8) is 0 Å². The summed E-state index contributed by atoms with van der Waals surface area (Å²) < 4.78 is 36.0. The molecule has 2 rings (SSSR count). The number of hydrogen-bond donors (Lipinski definition) is 2. The molecule has 252 valence electrons. The Morgan fingerprint density at radius 3 is 1.31 bits per heavy atom. The summed E-state index contributed by atoms with van der Waals surface area (Å²) in [5.41, 5.74) is -2.20. The van der Waals surface area contributed by atoms with E-state index in [1.165, 1.54) is 13.8 Å². The van der Waals surface area contributed by atoms with Crippen molar-refractivity contribution in [2.45, 2.75) is 79.2 Å². The third-order valence-electron chi connectivity index (χ3n) is 8.97. The molecule has 0 bridgehead atoms. The Morgan fingerprint density at radius 2 is 1.00 bits per heavy atom. The van der Waals surface area contributed by atoms with Gasteiger partial charge in [-0.15, -0.1) is 0 Å². The zero-order valence-corrected chi connectivity index (χ0v) is 28.1. The lowest BCUT2D eigenvalue weighted by molar-refractivity contribution is -0.330. The summed E-state index contributed by atoms with van der Waals surface area (Å²) in [6, 6.07) is 0. The Labute approximate surface area is 268 Å². The van der Waals surface area contributed by atoms with Crippen molar-refractivity contribution in [3.8, 4) is 0 Å². The number of hydrogen-bond acceptors (Lipinski definition) is 10. The molecule has 6 unspecified atom stereocenters. The van der Waals surface area contributed by atoms with Gasteiger partial charge >= 0.3 is 11.9 Å². The second kappa shape index (κ2) is 15.6. The second-order valence-corrected chi connectivity index (χ2v) is 12.4. The van der Waals surface area contributed by atoms with Gasteiger partial charge in [-0.3, -0.25) is 0 Å². The van der Waals surface area contributed by atoms with Gasteiger partial charge in [0.05, 0.1) is 13.2 Å². The van der Waals surface area contributed by atoms with Crippen LogP contribution in [0.3, 0.4) is 0 Å². The van der Waals surface area contributed by atoms with Crippen LogP contribution in [0.15, 0.2) is 72.9 Å². The molecule has 0 amide bonds. The van der Waals surface area contributed by atoms with Gasteiger partial charge in [0.15, 0.2) is 11.6 Å². The molecular formula is C35H52O10. The molecule has 6 atom stereocenters. The largest absolute Gasteiger partial charge is 0.460 e. The molecule has 10 nitrogen and oxygen atoms in total. The molecule has 0 fully saturated rings. The first kappa shape index (κ1) is 38.3. The lowest BCUT2D eigenvalue weighted by Crippen LogP contribution is -2.67. The molecule has 0 spiro atoms. The van der Waals surface area contributed by atoms with Gasteiger partial charge in [0.2, 0.25) is 0 Å². The highest BCUT2D eigenvalue weighted by Crippen LogP contribution is 2.65. The molecule has 0 saturated heterocycles. The van der Waals surface area contributed by atoms with Gasteiger partial charge in [0.1, 0.15) is 25.4 Å². The van der Waals surface area contributed by atoms with Gasteiger partial charge in [-0.2, -0.15) is 0 Å². The molecule has 0 aromatic carbocycles. The second-order valence-electron chi connectivity index (χ2n) is 12.4. The van der Waals surface area contributed by atoms with Gasteiger partial charge in [-0.25, -0.2) is 9.59 Å². The van der Waals surface area contributed by atoms with Gasteiger partial charge in [0, 0.05) is 35.2 Å². The average molecular weight is 633 g/mol. The third kappa shape index (κ3) is 7.93. The Hall–Kier alpha value is -2.86. The predicted molar refractivity (Wildman–Crippen MR) is 171 cm³/mol. The third-order valence-corrected chi connectivity index (χ3v) is 8.97. The summed E-state index contributed by atoms with van der Waals surface area (Å²) >= 11 is 0. The van der Waals surface area contributed by atoms with E-state index in [-0.39, 0.29) is 37.6 Å². The summed E-state index contributed by atoms with van der Waals surface area (Å²) in [6.45, 7) is 21.7. The lowest BCUT2D eigenvalue weighted by Gasteiger charge is -2.63. The summed E-state index contributed by atoms with van der Waals surface area (Å²) in [5, 5.41) is 21.4. The number of carbonyl (C=O) groups excluding carboxylic acids is 2. The topological polar surface area (TPSA) is 130 Å². The minimum Gasteiger partial charge on any atom is -0.460 e.